The Labute approximate surface area is 201 Å². The van der Waals surface area contributed by atoms with Crippen LogP contribution in [0.25, 0.3) is 11.1 Å². The molecule has 1 unspecified atom stereocenters. The molecule has 2 aliphatic rings. The van der Waals surface area contributed by atoms with Gasteiger partial charge in [-0.2, -0.15) is 0 Å². The Kier molecular flexibility index (Phi) is 6.06. The summed E-state index contributed by atoms with van der Waals surface area (Å²) in [4.78, 5) is 39.1. The zero-order chi connectivity index (χ0) is 23.7. The van der Waals surface area contributed by atoms with Gasteiger partial charge in [0.25, 0.3) is 5.91 Å². The van der Waals surface area contributed by atoms with Crippen LogP contribution in [-0.4, -0.2) is 47.7 Å². The van der Waals surface area contributed by atoms with Crippen molar-refractivity contribution in [1.82, 2.24) is 10.2 Å². The van der Waals surface area contributed by atoms with Crippen LogP contribution in [0.3, 0.4) is 0 Å². The lowest BCUT2D eigenvalue weighted by Gasteiger charge is -2.40. The van der Waals surface area contributed by atoms with Crippen LogP contribution in [0.15, 0.2) is 66.0 Å². The molecule has 1 aromatic heterocycles. The van der Waals surface area contributed by atoms with Crippen molar-refractivity contribution in [2.45, 2.75) is 18.4 Å². The summed E-state index contributed by atoms with van der Waals surface area (Å²) in [5.74, 6) is -1.25. The number of nitrogens with zero attached hydrogens (tertiary/aromatic N) is 1. The van der Waals surface area contributed by atoms with Crippen LogP contribution in [0.4, 0.5) is 4.79 Å². The van der Waals surface area contributed by atoms with Gasteiger partial charge in [0.05, 0.1) is 6.42 Å². The molecule has 1 atom stereocenters. The van der Waals surface area contributed by atoms with Gasteiger partial charge in [-0.3, -0.25) is 9.59 Å². The van der Waals surface area contributed by atoms with E-state index in [0.717, 1.165) is 22.3 Å². The Morgan fingerprint density at radius 2 is 1.65 bits per heavy atom. The number of rotatable bonds is 7. The maximum atomic E-state index is 13.1. The molecule has 7 nitrogen and oxygen atoms in total. The number of nitrogens with one attached hydrogen (secondary N) is 1. The first-order valence-corrected chi connectivity index (χ1v) is 12.0. The molecular formula is C26H24N2O5S. The van der Waals surface area contributed by atoms with Crippen molar-refractivity contribution in [2.24, 2.45) is 5.92 Å². The number of carbonyl (C=O) groups is 3. The Morgan fingerprint density at radius 1 is 1.00 bits per heavy atom. The first-order valence-electron chi connectivity index (χ1n) is 11.2. The summed E-state index contributed by atoms with van der Waals surface area (Å²) in [6.07, 6.45) is -0.621. The van der Waals surface area contributed by atoms with Gasteiger partial charge in [0.15, 0.2) is 0 Å². The van der Waals surface area contributed by atoms with E-state index in [0.29, 0.717) is 18.0 Å². The highest BCUT2D eigenvalue weighted by Gasteiger charge is 2.37. The molecule has 2 amide bonds. The summed E-state index contributed by atoms with van der Waals surface area (Å²) in [5.41, 5.74) is 4.53. The highest BCUT2D eigenvalue weighted by atomic mass is 32.1. The quantitative estimate of drug-likeness (QED) is 0.531. The molecule has 174 valence electrons. The molecule has 3 aromatic rings. The number of alkyl carbamates (subject to hydrolysis) is 1. The van der Waals surface area contributed by atoms with Gasteiger partial charge in [-0.15, -0.1) is 11.3 Å². The van der Waals surface area contributed by atoms with E-state index >= 15 is 0 Å². The summed E-state index contributed by atoms with van der Waals surface area (Å²) in [5, 5.41) is 13.5. The molecule has 5 rings (SSSR count). The standard InChI is InChI=1S/C26H24N2O5S/c29-23(30)12-16-13-28(14-16)25(31)24(22-10-5-11-34-22)27-26(32)33-15-21-19-8-3-1-6-17(19)18-7-2-4-9-20(18)21/h1-11,16,21,24H,12-15H2,(H,27,32)(H,29,30). The van der Waals surface area contributed by atoms with Gasteiger partial charge in [0.2, 0.25) is 0 Å². The van der Waals surface area contributed by atoms with Gasteiger partial charge >= 0.3 is 12.1 Å². The van der Waals surface area contributed by atoms with Gasteiger partial charge in [-0.05, 0) is 33.7 Å². The first kappa shape index (κ1) is 22.2. The molecule has 1 aliphatic heterocycles. The van der Waals surface area contributed by atoms with Crippen molar-refractivity contribution in [2.75, 3.05) is 19.7 Å². The van der Waals surface area contributed by atoms with Crippen LogP contribution >= 0.6 is 11.3 Å². The van der Waals surface area contributed by atoms with Gasteiger partial charge in [-0.25, -0.2) is 4.79 Å². The summed E-state index contributed by atoms with van der Waals surface area (Å²) in [7, 11) is 0. The summed E-state index contributed by atoms with van der Waals surface area (Å²) >= 11 is 1.38. The average Bonchev–Trinajstić information content (AvgIpc) is 3.44. The summed E-state index contributed by atoms with van der Waals surface area (Å²) in [6.45, 7) is 0.911. The van der Waals surface area contributed by atoms with Gasteiger partial charge in [-0.1, -0.05) is 54.6 Å². The number of aliphatic carboxylic acids is 1. The highest BCUT2D eigenvalue weighted by Crippen LogP contribution is 2.44. The normalized spacial score (nSPS) is 15.7. The summed E-state index contributed by atoms with van der Waals surface area (Å²) < 4.78 is 5.63. The van der Waals surface area contributed by atoms with Crippen molar-refractivity contribution < 1.29 is 24.2 Å². The lowest BCUT2D eigenvalue weighted by atomic mass is 9.95. The lowest BCUT2D eigenvalue weighted by Crippen LogP contribution is -2.54. The lowest BCUT2D eigenvalue weighted by molar-refractivity contribution is -0.146. The minimum Gasteiger partial charge on any atom is -0.481 e. The maximum Gasteiger partial charge on any atom is 0.408 e. The van der Waals surface area contributed by atoms with Crippen LogP contribution in [0.5, 0.6) is 0 Å². The third-order valence-corrected chi connectivity index (χ3v) is 7.35. The van der Waals surface area contributed by atoms with Crippen LogP contribution in [0.1, 0.15) is 34.4 Å². The molecule has 2 aromatic carbocycles. The zero-order valence-electron chi connectivity index (χ0n) is 18.3. The van der Waals surface area contributed by atoms with Crippen molar-refractivity contribution >= 4 is 29.3 Å². The second-order valence-corrected chi connectivity index (χ2v) is 9.60. The van der Waals surface area contributed by atoms with E-state index in [1.165, 1.54) is 11.3 Å². The molecule has 0 spiro atoms. The van der Waals surface area contributed by atoms with Crippen LogP contribution in [0.2, 0.25) is 0 Å². The van der Waals surface area contributed by atoms with Crippen LogP contribution in [0, 0.1) is 5.92 Å². The SMILES string of the molecule is O=C(O)CC1CN(C(=O)C(NC(=O)OCC2c3ccccc3-c3ccccc32)c2cccs2)C1. The Morgan fingerprint density at radius 3 is 2.24 bits per heavy atom. The molecule has 2 N–H and O–H groups in total. The maximum absolute atomic E-state index is 13.1. The van der Waals surface area contributed by atoms with Crippen molar-refractivity contribution in [1.29, 1.82) is 0 Å². The molecule has 0 radical (unpaired) electrons. The van der Waals surface area contributed by atoms with E-state index in [4.69, 9.17) is 9.84 Å². The fourth-order valence-corrected chi connectivity index (χ4v) is 5.54. The molecule has 1 saturated heterocycles. The van der Waals surface area contributed by atoms with Crippen LogP contribution < -0.4 is 5.32 Å². The number of hydrogen-bond acceptors (Lipinski definition) is 5. The minimum atomic E-state index is -0.872. The Balaban J connectivity index is 1.25. The monoisotopic (exact) mass is 476 g/mol. The minimum absolute atomic E-state index is 0.0350. The third kappa shape index (κ3) is 4.28. The largest absolute Gasteiger partial charge is 0.481 e. The van der Waals surface area contributed by atoms with E-state index in [1.807, 2.05) is 35.7 Å². The van der Waals surface area contributed by atoms with Crippen molar-refractivity contribution in [3.63, 3.8) is 0 Å². The molecule has 0 saturated carbocycles. The highest BCUT2D eigenvalue weighted by molar-refractivity contribution is 7.10. The van der Waals surface area contributed by atoms with E-state index in [2.05, 4.69) is 29.6 Å². The average molecular weight is 477 g/mol. The fraction of sp³-hybridized carbons (Fsp3) is 0.269. The van der Waals surface area contributed by atoms with Crippen molar-refractivity contribution in [3.05, 3.63) is 82.0 Å². The number of fused-ring (bicyclic) bond motifs is 3. The summed E-state index contributed by atoms with van der Waals surface area (Å²) in [6, 6.07) is 19.0. The van der Waals surface area contributed by atoms with Gasteiger partial charge < -0.3 is 20.1 Å². The molecule has 34 heavy (non-hydrogen) atoms. The molecular weight excluding hydrogens is 452 g/mol. The zero-order valence-corrected chi connectivity index (χ0v) is 19.2. The second-order valence-electron chi connectivity index (χ2n) is 8.63. The predicted octanol–water partition coefficient (Wildman–Crippen LogP) is 4.26. The number of benzene rings is 2. The number of amides is 2. The third-order valence-electron chi connectivity index (χ3n) is 6.41. The fourth-order valence-electron chi connectivity index (χ4n) is 4.78. The van der Waals surface area contributed by atoms with Gasteiger partial charge in [0.1, 0.15) is 12.6 Å². The molecule has 2 heterocycles. The van der Waals surface area contributed by atoms with E-state index in [-0.39, 0.29) is 30.8 Å². The number of carboxylic acid groups (broad SMARTS) is 1. The Hall–Kier alpha value is -3.65. The topological polar surface area (TPSA) is 95.9 Å². The second kappa shape index (κ2) is 9.30. The van der Waals surface area contributed by atoms with E-state index in [1.54, 1.807) is 11.0 Å². The number of likely N-dealkylation sites (tertiary alicyclic amines) is 1. The number of carbonyl (C=O) groups excluding carboxylic acids is 2. The number of ether oxygens (including phenoxy) is 1. The van der Waals surface area contributed by atoms with Crippen molar-refractivity contribution in [3.8, 4) is 11.1 Å². The number of thiophene rings is 1. The first-order chi connectivity index (χ1) is 16.5. The molecule has 0 bridgehead atoms. The van der Waals surface area contributed by atoms with E-state index < -0.39 is 18.1 Å². The molecule has 8 heteroatoms. The Bertz CT molecular complexity index is 1170. The number of hydrogen-bond donors (Lipinski definition) is 2. The predicted molar refractivity (Wildman–Crippen MR) is 128 cm³/mol. The van der Waals surface area contributed by atoms with Gasteiger partial charge in [0, 0.05) is 29.8 Å². The molecule has 1 fully saturated rings. The molecule has 1 aliphatic carbocycles. The smallest absolute Gasteiger partial charge is 0.408 e. The van der Waals surface area contributed by atoms with Crippen LogP contribution in [-0.2, 0) is 14.3 Å². The van der Waals surface area contributed by atoms with E-state index in [9.17, 15) is 14.4 Å². The number of carboxylic acids is 1.